The SMILES string of the molecule is CCOc1cc(/C=C2/SC(=O)N(Cc3ccc4ccccc4c3)C2=O)ccc1Oc1ccc([N+](=O)[O-])cc1[N+](=O)[O-]. The van der Waals surface area contributed by atoms with Gasteiger partial charge in [0.15, 0.2) is 11.5 Å². The summed E-state index contributed by atoms with van der Waals surface area (Å²) < 4.78 is 11.4. The van der Waals surface area contributed by atoms with Gasteiger partial charge in [0.1, 0.15) is 0 Å². The fraction of sp³-hybridized carbons (Fsp3) is 0.103. The van der Waals surface area contributed by atoms with Gasteiger partial charge in [-0.2, -0.15) is 0 Å². The number of hydrogen-bond acceptors (Lipinski definition) is 9. The van der Waals surface area contributed by atoms with Gasteiger partial charge in [-0.1, -0.05) is 42.5 Å². The number of rotatable bonds is 9. The molecule has 1 heterocycles. The number of amides is 2. The fourth-order valence-electron chi connectivity index (χ4n) is 4.24. The molecule has 41 heavy (non-hydrogen) atoms. The van der Waals surface area contributed by atoms with E-state index in [4.69, 9.17) is 9.47 Å². The second-order valence-electron chi connectivity index (χ2n) is 8.86. The molecule has 0 aliphatic carbocycles. The third-order valence-corrected chi connectivity index (χ3v) is 7.07. The molecule has 5 rings (SSSR count). The lowest BCUT2D eigenvalue weighted by Gasteiger charge is -2.13. The Morgan fingerprint density at radius 3 is 2.34 bits per heavy atom. The third kappa shape index (κ3) is 5.87. The van der Waals surface area contributed by atoms with E-state index in [1.807, 2.05) is 42.5 Å². The highest BCUT2D eigenvalue weighted by molar-refractivity contribution is 8.18. The largest absolute Gasteiger partial charge is 0.490 e. The number of carbonyl (C=O) groups is 2. The first kappa shape index (κ1) is 27.3. The maximum atomic E-state index is 13.1. The highest BCUT2D eigenvalue weighted by Gasteiger charge is 2.35. The summed E-state index contributed by atoms with van der Waals surface area (Å²) in [5.41, 5.74) is 0.340. The van der Waals surface area contributed by atoms with Gasteiger partial charge in [-0.25, -0.2) is 0 Å². The van der Waals surface area contributed by atoms with Crippen LogP contribution < -0.4 is 9.47 Å². The lowest BCUT2D eigenvalue weighted by Crippen LogP contribution is -2.27. The number of fused-ring (bicyclic) bond motifs is 1. The predicted molar refractivity (Wildman–Crippen MR) is 153 cm³/mol. The van der Waals surface area contributed by atoms with E-state index in [-0.39, 0.29) is 40.5 Å². The summed E-state index contributed by atoms with van der Waals surface area (Å²) in [7, 11) is 0. The first-order valence-corrected chi connectivity index (χ1v) is 13.2. The molecule has 206 valence electrons. The van der Waals surface area contributed by atoms with Gasteiger partial charge >= 0.3 is 5.69 Å². The summed E-state index contributed by atoms with van der Waals surface area (Å²) in [6.07, 6.45) is 1.56. The van der Waals surface area contributed by atoms with E-state index in [0.29, 0.717) is 5.56 Å². The third-order valence-electron chi connectivity index (χ3n) is 6.16. The van der Waals surface area contributed by atoms with Crippen LogP contribution in [-0.4, -0.2) is 32.5 Å². The topological polar surface area (TPSA) is 142 Å². The average Bonchev–Trinajstić information content (AvgIpc) is 3.21. The zero-order chi connectivity index (χ0) is 29.1. The molecule has 1 saturated heterocycles. The molecular weight excluding hydrogens is 550 g/mol. The number of ether oxygens (including phenoxy) is 2. The van der Waals surface area contributed by atoms with Crippen molar-refractivity contribution in [1.29, 1.82) is 0 Å². The normalized spacial score (nSPS) is 14.1. The highest BCUT2D eigenvalue weighted by atomic mass is 32.2. The maximum absolute atomic E-state index is 13.1. The molecule has 12 heteroatoms. The maximum Gasteiger partial charge on any atom is 0.318 e. The van der Waals surface area contributed by atoms with Gasteiger partial charge in [-0.3, -0.25) is 34.7 Å². The summed E-state index contributed by atoms with van der Waals surface area (Å²) in [6, 6.07) is 21.4. The van der Waals surface area contributed by atoms with Crippen molar-refractivity contribution in [3.63, 3.8) is 0 Å². The fourth-order valence-corrected chi connectivity index (χ4v) is 5.08. The first-order chi connectivity index (χ1) is 19.7. The molecule has 2 amide bonds. The van der Waals surface area contributed by atoms with Crippen LogP contribution in [0.15, 0.2) is 83.8 Å². The molecule has 1 aliphatic rings. The Balaban J connectivity index is 1.38. The van der Waals surface area contributed by atoms with Gasteiger partial charge < -0.3 is 9.47 Å². The van der Waals surface area contributed by atoms with E-state index in [9.17, 15) is 29.8 Å². The molecule has 11 nitrogen and oxygen atoms in total. The van der Waals surface area contributed by atoms with E-state index in [1.54, 1.807) is 25.1 Å². The van der Waals surface area contributed by atoms with Gasteiger partial charge in [-0.05, 0) is 70.9 Å². The molecule has 0 radical (unpaired) electrons. The Morgan fingerprint density at radius 2 is 1.61 bits per heavy atom. The monoisotopic (exact) mass is 571 g/mol. The van der Waals surface area contributed by atoms with Crippen molar-refractivity contribution in [3.05, 3.63) is 115 Å². The second kappa shape index (κ2) is 11.5. The Hall–Kier alpha value is -5.23. The quantitative estimate of drug-likeness (QED) is 0.117. The zero-order valence-electron chi connectivity index (χ0n) is 21.5. The molecule has 0 atom stereocenters. The Morgan fingerprint density at radius 1 is 0.854 bits per heavy atom. The highest BCUT2D eigenvalue weighted by Crippen LogP contribution is 2.40. The van der Waals surface area contributed by atoms with Gasteiger partial charge in [0.2, 0.25) is 5.75 Å². The molecule has 0 bridgehead atoms. The minimum atomic E-state index is -0.773. The number of benzene rings is 4. The minimum Gasteiger partial charge on any atom is -0.490 e. The van der Waals surface area contributed by atoms with Crippen LogP contribution >= 0.6 is 11.8 Å². The van der Waals surface area contributed by atoms with Crippen molar-refractivity contribution in [3.8, 4) is 17.2 Å². The molecule has 1 fully saturated rings. The van der Waals surface area contributed by atoms with Gasteiger partial charge in [0.05, 0.1) is 34.0 Å². The predicted octanol–water partition coefficient (Wildman–Crippen LogP) is 7.08. The van der Waals surface area contributed by atoms with Crippen molar-refractivity contribution in [2.24, 2.45) is 0 Å². The van der Waals surface area contributed by atoms with Crippen LogP contribution in [0.2, 0.25) is 0 Å². The summed E-state index contributed by atoms with van der Waals surface area (Å²) >= 11 is 0.831. The summed E-state index contributed by atoms with van der Waals surface area (Å²) in [5.74, 6) is -0.272. The van der Waals surface area contributed by atoms with Crippen LogP contribution in [0, 0.1) is 20.2 Å². The molecular formula is C29H21N3O8S. The number of thioether (sulfide) groups is 1. The average molecular weight is 572 g/mol. The number of nitro benzene ring substituents is 2. The molecule has 0 unspecified atom stereocenters. The lowest BCUT2D eigenvalue weighted by molar-refractivity contribution is -0.394. The molecule has 0 aromatic heterocycles. The van der Waals surface area contributed by atoms with E-state index in [0.717, 1.165) is 46.3 Å². The van der Waals surface area contributed by atoms with Crippen LogP contribution in [0.5, 0.6) is 17.2 Å². The summed E-state index contributed by atoms with van der Waals surface area (Å²) in [5, 5.41) is 24.2. The molecule has 0 saturated carbocycles. The van der Waals surface area contributed by atoms with Crippen LogP contribution in [0.25, 0.3) is 16.8 Å². The van der Waals surface area contributed by atoms with Crippen molar-refractivity contribution in [1.82, 2.24) is 4.90 Å². The van der Waals surface area contributed by atoms with Crippen LogP contribution in [-0.2, 0) is 11.3 Å². The molecule has 1 aliphatic heterocycles. The number of imide groups is 1. The first-order valence-electron chi connectivity index (χ1n) is 12.3. The number of hydrogen-bond donors (Lipinski definition) is 0. The van der Waals surface area contributed by atoms with E-state index in [1.165, 1.54) is 11.0 Å². The van der Waals surface area contributed by atoms with E-state index >= 15 is 0 Å². The van der Waals surface area contributed by atoms with Crippen LogP contribution in [0.4, 0.5) is 16.2 Å². The molecule has 0 spiro atoms. The number of non-ortho nitro benzene ring substituents is 1. The van der Waals surface area contributed by atoms with E-state index in [2.05, 4.69) is 0 Å². The number of nitro groups is 2. The standard InChI is InChI=1S/C29H21N3O8S/c1-2-39-26-14-18(8-11-25(26)40-24-12-10-22(31(35)36)16-23(24)32(37)38)15-27-28(33)30(29(34)41-27)17-19-7-9-20-5-3-4-6-21(20)13-19/h3-16H,2,17H2,1H3/b27-15+. The van der Waals surface area contributed by atoms with E-state index < -0.39 is 27.1 Å². The lowest BCUT2D eigenvalue weighted by atomic mass is 10.1. The Labute approximate surface area is 237 Å². The van der Waals surface area contributed by atoms with Gasteiger partial charge in [-0.15, -0.1) is 0 Å². The number of nitrogens with zero attached hydrogens (tertiary/aromatic N) is 3. The summed E-state index contributed by atoms with van der Waals surface area (Å²) in [4.78, 5) is 48.3. The van der Waals surface area contributed by atoms with Gasteiger partial charge in [0, 0.05) is 6.07 Å². The van der Waals surface area contributed by atoms with Crippen LogP contribution in [0.3, 0.4) is 0 Å². The van der Waals surface area contributed by atoms with Gasteiger partial charge in [0.25, 0.3) is 16.8 Å². The summed E-state index contributed by atoms with van der Waals surface area (Å²) in [6.45, 7) is 2.12. The Kier molecular flexibility index (Phi) is 7.66. The van der Waals surface area contributed by atoms with Crippen LogP contribution in [0.1, 0.15) is 18.1 Å². The Bertz CT molecular complexity index is 1750. The second-order valence-corrected chi connectivity index (χ2v) is 9.85. The minimum absolute atomic E-state index is 0.130. The van der Waals surface area contributed by atoms with Crippen molar-refractivity contribution in [2.75, 3.05) is 6.61 Å². The molecule has 4 aromatic rings. The number of carbonyl (C=O) groups excluding carboxylic acids is 2. The molecule has 0 N–H and O–H groups in total. The van der Waals surface area contributed by atoms with Crippen molar-refractivity contribution in [2.45, 2.75) is 13.5 Å². The zero-order valence-corrected chi connectivity index (χ0v) is 22.3. The smallest absolute Gasteiger partial charge is 0.318 e. The van der Waals surface area contributed by atoms with Crippen molar-refractivity contribution < 1.29 is 28.9 Å². The molecule has 4 aromatic carbocycles. The van der Waals surface area contributed by atoms with Crippen molar-refractivity contribution >= 4 is 51.1 Å².